The third-order valence-electron chi connectivity index (χ3n) is 3.44. The van der Waals surface area contributed by atoms with Gasteiger partial charge in [0.25, 0.3) is 0 Å². The number of aromatic nitrogens is 1. The largest absolute Gasteiger partial charge is 0.490 e. The zero-order valence-electron chi connectivity index (χ0n) is 12.8. The molecular weight excluding hydrogens is 269 g/mol. The Bertz CT molecular complexity index is 571. The molecule has 1 aromatic heterocycles. The fourth-order valence-corrected chi connectivity index (χ4v) is 1.34. The van der Waals surface area contributed by atoms with Crippen molar-refractivity contribution in [3.05, 3.63) is 36.5 Å². The highest BCUT2D eigenvalue weighted by atomic mass is 16.4. The van der Waals surface area contributed by atoms with Crippen molar-refractivity contribution in [1.82, 2.24) is 4.98 Å². The van der Waals surface area contributed by atoms with Gasteiger partial charge in [-0.25, -0.2) is 0 Å². The maximum atomic E-state index is 9.10. The standard InChI is InChI=1S/C9H8BNO2.C6H14O2/c12-10(13)8-5-1-3-7-4-2-6-11-9(7)8;1-5(2,7)6(3,4)8/h1-6,12-13H;7-8H,1-4H3. The SMILES string of the molecule is CC(C)(O)C(C)(C)O.OB(O)c1cccc2cccnc12. The first-order chi connectivity index (χ1) is 9.54. The number of para-hydroxylation sites is 1. The van der Waals surface area contributed by atoms with E-state index < -0.39 is 18.3 Å². The molecule has 2 rings (SSSR count). The zero-order valence-corrected chi connectivity index (χ0v) is 12.8. The maximum Gasteiger partial charge on any atom is 0.490 e. The fourth-order valence-electron chi connectivity index (χ4n) is 1.34. The van der Waals surface area contributed by atoms with Crippen molar-refractivity contribution in [3.63, 3.8) is 0 Å². The van der Waals surface area contributed by atoms with Crippen LogP contribution in [0.25, 0.3) is 10.9 Å². The van der Waals surface area contributed by atoms with Gasteiger partial charge in [-0.2, -0.15) is 0 Å². The summed E-state index contributed by atoms with van der Waals surface area (Å²) in [5.41, 5.74) is -0.932. The third-order valence-corrected chi connectivity index (χ3v) is 3.44. The number of aliphatic hydroxyl groups is 2. The van der Waals surface area contributed by atoms with Crippen molar-refractivity contribution >= 4 is 23.5 Å². The van der Waals surface area contributed by atoms with E-state index in [0.717, 1.165) is 5.39 Å². The lowest BCUT2D eigenvalue weighted by Gasteiger charge is -2.31. The van der Waals surface area contributed by atoms with Crippen molar-refractivity contribution in [3.8, 4) is 0 Å². The molecule has 2 aromatic rings. The Morgan fingerprint density at radius 2 is 1.43 bits per heavy atom. The second kappa shape index (κ2) is 6.53. The first kappa shape index (κ1) is 17.6. The summed E-state index contributed by atoms with van der Waals surface area (Å²) in [6.45, 7) is 6.31. The van der Waals surface area contributed by atoms with Gasteiger partial charge in [0.1, 0.15) is 0 Å². The molecule has 1 aromatic carbocycles. The van der Waals surface area contributed by atoms with E-state index in [1.54, 1.807) is 46.0 Å². The van der Waals surface area contributed by atoms with Crippen LogP contribution in [0.1, 0.15) is 27.7 Å². The molecule has 0 saturated heterocycles. The highest BCUT2D eigenvalue weighted by molar-refractivity contribution is 6.61. The lowest BCUT2D eigenvalue weighted by molar-refractivity contribution is -0.107. The maximum absolute atomic E-state index is 9.10. The second-order valence-corrected chi connectivity index (χ2v) is 5.91. The first-order valence-electron chi connectivity index (χ1n) is 6.68. The van der Waals surface area contributed by atoms with Crippen molar-refractivity contribution in [2.75, 3.05) is 0 Å². The molecular formula is C15H22BNO4. The topological polar surface area (TPSA) is 93.8 Å². The molecule has 0 aliphatic carbocycles. The van der Waals surface area contributed by atoms with Gasteiger partial charge in [-0.1, -0.05) is 24.3 Å². The summed E-state index contributed by atoms with van der Waals surface area (Å²) < 4.78 is 0. The van der Waals surface area contributed by atoms with Crippen LogP contribution in [-0.2, 0) is 0 Å². The summed E-state index contributed by atoms with van der Waals surface area (Å²) in [6, 6.07) is 9.01. The van der Waals surface area contributed by atoms with E-state index >= 15 is 0 Å². The molecule has 0 aliphatic heterocycles. The van der Waals surface area contributed by atoms with Gasteiger partial charge < -0.3 is 20.3 Å². The number of fused-ring (bicyclic) bond motifs is 1. The second-order valence-electron chi connectivity index (χ2n) is 5.91. The van der Waals surface area contributed by atoms with Gasteiger partial charge in [0, 0.05) is 11.7 Å². The smallest absolute Gasteiger partial charge is 0.423 e. The van der Waals surface area contributed by atoms with Crippen molar-refractivity contribution < 1.29 is 20.3 Å². The molecule has 114 valence electrons. The minimum absolute atomic E-state index is 0.443. The molecule has 0 aliphatic rings. The summed E-state index contributed by atoms with van der Waals surface area (Å²) in [5.74, 6) is 0. The van der Waals surface area contributed by atoms with Gasteiger partial charge in [-0.15, -0.1) is 0 Å². The van der Waals surface area contributed by atoms with E-state index in [-0.39, 0.29) is 0 Å². The number of pyridine rings is 1. The molecule has 21 heavy (non-hydrogen) atoms. The van der Waals surface area contributed by atoms with Crippen LogP contribution in [0.4, 0.5) is 0 Å². The zero-order chi connectivity index (χ0) is 16.3. The number of nitrogens with zero attached hydrogens (tertiary/aromatic N) is 1. The van der Waals surface area contributed by atoms with E-state index in [2.05, 4.69) is 4.98 Å². The molecule has 0 spiro atoms. The molecule has 6 heteroatoms. The molecule has 1 heterocycles. The summed E-state index contributed by atoms with van der Waals surface area (Å²) >= 11 is 0. The predicted octanol–water partition coefficient (Wildman–Crippen LogP) is 0.443. The molecule has 5 nitrogen and oxygen atoms in total. The molecule has 0 atom stereocenters. The Kier molecular flexibility index (Phi) is 5.47. The normalized spacial score (nSPS) is 11.8. The number of hydrogen-bond acceptors (Lipinski definition) is 5. The lowest BCUT2D eigenvalue weighted by atomic mass is 9.79. The fraction of sp³-hybridized carbons (Fsp3) is 0.400. The quantitative estimate of drug-likeness (QED) is 0.603. The number of hydrogen-bond donors (Lipinski definition) is 4. The van der Waals surface area contributed by atoms with Crippen LogP contribution in [0.5, 0.6) is 0 Å². The Labute approximate surface area is 125 Å². The average Bonchev–Trinajstić information content (AvgIpc) is 2.36. The minimum Gasteiger partial charge on any atom is -0.423 e. The van der Waals surface area contributed by atoms with Crippen molar-refractivity contribution in [1.29, 1.82) is 0 Å². The first-order valence-corrected chi connectivity index (χ1v) is 6.68. The number of rotatable bonds is 2. The predicted molar refractivity (Wildman–Crippen MR) is 84.2 cm³/mol. The van der Waals surface area contributed by atoms with Crippen LogP contribution in [-0.4, -0.2) is 43.6 Å². The van der Waals surface area contributed by atoms with E-state index in [4.69, 9.17) is 20.3 Å². The van der Waals surface area contributed by atoms with E-state index in [9.17, 15) is 0 Å². The number of benzene rings is 1. The molecule has 0 radical (unpaired) electrons. The minimum atomic E-state index is -1.46. The van der Waals surface area contributed by atoms with E-state index in [1.165, 1.54) is 0 Å². The molecule has 0 saturated carbocycles. The van der Waals surface area contributed by atoms with Crippen LogP contribution in [0.15, 0.2) is 36.5 Å². The van der Waals surface area contributed by atoms with E-state index in [0.29, 0.717) is 11.0 Å². The monoisotopic (exact) mass is 291 g/mol. The third kappa shape index (κ3) is 4.79. The molecule has 0 unspecified atom stereocenters. The van der Waals surface area contributed by atoms with Crippen LogP contribution >= 0.6 is 0 Å². The highest BCUT2D eigenvalue weighted by Crippen LogP contribution is 2.19. The Hall–Kier alpha value is -1.47. The average molecular weight is 291 g/mol. The lowest BCUT2D eigenvalue weighted by Crippen LogP contribution is -2.44. The van der Waals surface area contributed by atoms with Crippen LogP contribution in [0, 0.1) is 0 Å². The summed E-state index contributed by atoms with van der Waals surface area (Å²) in [6.07, 6.45) is 1.63. The van der Waals surface area contributed by atoms with Crippen LogP contribution in [0.3, 0.4) is 0 Å². The van der Waals surface area contributed by atoms with Crippen LogP contribution in [0.2, 0.25) is 0 Å². The highest BCUT2D eigenvalue weighted by Gasteiger charge is 2.31. The van der Waals surface area contributed by atoms with E-state index in [1.807, 2.05) is 18.2 Å². The van der Waals surface area contributed by atoms with Gasteiger partial charge >= 0.3 is 7.12 Å². The van der Waals surface area contributed by atoms with Gasteiger partial charge in [-0.3, -0.25) is 4.98 Å². The molecule has 0 amide bonds. The molecule has 0 fully saturated rings. The Balaban J connectivity index is 0.000000240. The van der Waals surface area contributed by atoms with Gasteiger partial charge in [-0.05, 0) is 39.1 Å². The summed E-state index contributed by atoms with van der Waals surface area (Å²) in [5, 5.41) is 37.2. The molecule has 4 N–H and O–H groups in total. The summed E-state index contributed by atoms with van der Waals surface area (Å²) in [4.78, 5) is 4.08. The van der Waals surface area contributed by atoms with Gasteiger partial charge in [0.2, 0.25) is 0 Å². The van der Waals surface area contributed by atoms with Crippen molar-refractivity contribution in [2.45, 2.75) is 38.9 Å². The Morgan fingerprint density at radius 3 is 1.90 bits per heavy atom. The molecule has 0 bridgehead atoms. The van der Waals surface area contributed by atoms with Gasteiger partial charge in [0.05, 0.1) is 16.7 Å². The van der Waals surface area contributed by atoms with Crippen molar-refractivity contribution in [2.24, 2.45) is 0 Å². The van der Waals surface area contributed by atoms with Crippen LogP contribution < -0.4 is 5.46 Å². The van der Waals surface area contributed by atoms with Gasteiger partial charge in [0.15, 0.2) is 0 Å². The summed E-state index contributed by atoms with van der Waals surface area (Å²) in [7, 11) is -1.46. The Morgan fingerprint density at radius 1 is 0.905 bits per heavy atom.